The minimum absolute atomic E-state index is 0.0107. The van der Waals surface area contributed by atoms with Crippen LogP contribution in [-0.4, -0.2) is 22.2 Å². The third-order valence-corrected chi connectivity index (χ3v) is 3.88. The van der Waals surface area contributed by atoms with Crippen molar-refractivity contribution >= 4 is 0 Å². The third-order valence-electron chi connectivity index (χ3n) is 3.88. The molecule has 0 saturated heterocycles. The molecule has 0 spiro atoms. The molecule has 17 heavy (non-hydrogen) atoms. The summed E-state index contributed by atoms with van der Waals surface area (Å²) in [6, 6.07) is 4.33. The molecule has 2 aliphatic carbocycles. The Bertz CT molecular complexity index is 463. The molecule has 3 N–H and O–H groups in total. The quantitative estimate of drug-likeness (QED) is 0.711. The van der Waals surface area contributed by atoms with Crippen LogP contribution >= 0.6 is 0 Å². The molecule has 4 heteroatoms. The number of hydrogen-bond donors (Lipinski definition) is 3. The third kappa shape index (κ3) is 2.15. The van der Waals surface area contributed by atoms with Crippen molar-refractivity contribution in [2.75, 3.05) is 0 Å². The molecule has 0 radical (unpaired) electrons. The fourth-order valence-corrected chi connectivity index (χ4v) is 2.88. The number of aliphatic hydroxyl groups is 1. The van der Waals surface area contributed by atoms with Gasteiger partial charge in [0.2, 0.25) is 5.56 Å². The second kappa shape index (κ2) is 4.27. The van der Waals surface area contributed by atoms with Crippen LogP contribution in [-0.2, 0) is 6.42 Å². The van der Waals surface area contributed by atoms with Gasteiger partial charge in [0.05, 0.1) is 6.10 Å². The van der Waals surface area contributed by atoms with Crippen molar-refractivity contribution < 1.29 is 5.11 Å². The minimum atomic E-state index is -0.119. The summed E-state index contributed by atoms with van der Waals surface area (Å²) in [7, 11) is 0. The summed E-state index contributed by atoms with van der Waals surface area (Å²) in [5.74, 6) is 0. The number of aryl methyl sites for hydroxylation is 1. The molecule has 92 valence electrons. The number of H-pyrrole nitrogens is 1. The molecule has 1 heterocycles. The van der Waals surface area contributed by atoms with Crippen LogP contribution in [0.1, 0.15) is 43.0 Å². The molecule has 2 aliphatic rings. The number of hydrogen-bond acceptors (Lipinski definition) is 3. The number of aromatic amines is 1. The van der Waals surface area contributed by atoms with Gasteiger partial charge >= 0.3 is 0 Å². The Morgan fingerprint density at radius 2 is 2.18 bits per heavy atom. The van der Waals surface area contributed by atoms with Gasteiger partial charge in [0, 0.05) is 23.8 Å². The van der Waals surface area contributed by atoms with Gasteiger partial charge in [0.15, 0.2) is 0 Å². The van der Waals surface area contributed by atoms with Crippen LogP contribution in [0.3, 0.4) is 0 Å². The zero-order valence-electron chi connectivity index (χ0n) is 9.78. The first-order valence-electron chi connectivity index (χ1n) is 6.38. The second-order valence-corrected chi connectivity index (χ2v) is 5.19. The lowest BCUT2D eigenvalue weighted by Crippen LogP contribution is -2.46. The topological polar surface area (TPSA) is 65.1 Å². The van der Waals surface area contributed by atoms with E-state index in [4.69, 9.17) is 0 Å². The molecule has 1 aromatic rings. The summed E-state index contributed by atoms with van der Waals surface area (Å²) in [6.07, 6.45) is 4.79. The van der Waals surface area contributed by atoms with Crippen LogP contribution < -0.4 is 10.9 Å². The van der Waals surface area contributed by atoms with E-state index in [9.17, 15) is 9.90 Å². The molecule has 1 aromatic heterocycles. The van der Waals surface area contributed by atoms with Gasteiger partial charge < -0.3 is 15.4 Å². The van der Waals surface area contributed by atoms with E-state index < -0.39 is 0 Å². The van der Waals surface area contributed by atoms with E-state index in [1.165, 1.54) is 5.56 Å². The molecule has 0 amide bonds. The number of pyridine rings is 1. The van der Waals surface area contributed by atoms with Gasteiger partial charge in [-0.1, -0.05) is 6.07 Å². The Balaban J connectivity index is 1.77. The standard InChI is InChI=1S/C13H18N2O2/c16-9-6-8(7-9)14-11-2-1-3-12-10(11)4-5-13(17)15-12/h4-5,8-9,11,14,16H,1-3,6-7H2,(H,15,17). The lowest BCUT2D eigenvalue weighted by Gasteiger charge is -2.37. The van der Waals surface area contributed by atoms with Crippen LogP contribution in [0.2, 0.25) is 0 Å². The number of aliphatic hydroxyl groups excluding tert-OH is 1. The van der Waals surface area contributed by atoms with Crippen LogP contribution in [0.4, 0.5) is 0 Å². The van der Waals surface area contributed by atoms with Crippen molar-refractivity contribution in [2.45, 2.75) is 50.3 Å². The highest BCUT2D eigenvalue weighted by Crippen LogP contribution is 2.30. The van der Waals surface area contributed by atoms with E-state index in [2.05, 4.69) is 10.3 Å². The predicted molar refractivity (Wildman–Crippen MR) is 64.9 cm³/mol. The van der Waals surface area contributed by atoms with Gasteiger partial charge in [0.1, 0.15) is 0 Å². The first kappa shape index (κ1) is 11.0. The fourth-order valence-electron chi connectivity index (χ4n) is 2.88. The second-order valence-electron chi connectivity index (χ2n) is 5.19. The van der Waals surface area contributed by atoms with Gasteiger partial charge in [-0.05, 0) is 37.7 Å². The molecule has 1 unspecified atom stereocenters. The highest BCUT2D eigenvalue weighted by atomic mass is 16.3. The maximum absolute atomic E-state index is 11.3. The van der Waals surface area contributed by atoms with Crippen molar-refractivity contribution in [3.8, 4) is 0 Å². The van der Waals surface area contributed by atoms with Gasteiger partial charge in [-0.25, -0.2) is 0 Å². The van der Waals surface area contributed by atoms with Crippen molar-refractivity contribution in [3.63, 3.8) is 0 Å². The summed E-state index contributed by atoms with van der Waals surface area (Å²) in [5.41, 5.74) is 2.31. The molecule has 0 aromatic carbocycles. The van der Waals surface area contributed by atoms with Gasteiger partial charge in [0.25, 0.3) is 0 Å². The molecule has 1 fully saturated rings. The zero-order chi connectivity index (χ0) is 11.8. The van der Waals surface area contributed by atoms with Crippen molar-refractivity contribution in [3.05, 3.63) is 33.7 Å². The van der Waals surface area contributed by atoms with E-state index in [0.29, 0.717) is 12.1 Å². The maximum atomic E-state index is 11.3. The van der Waals surface area contributed by atoms with Crippen LogP contribution in [0, 0.1) is 0 Å². The van der Waals surface area contributed by atoms with E-state index in [1.807, 2.05) is 6.07 Å². The highest BCUT2D eigenvalue weighted by Gasteiger charge is 2.30. The normalized spacial score (nSPS) is 31.7. The Labute approximate surface area is 100 Å². The van der Waals surface area contributed by atoms with Crippen molar-refractivity contribution in [1.29, 1.82) is 0 Å². The molecule has 0 aliphatic heterocycles. The number of rotatable bonds is 2. The Morgan fingerprint density at radius 3 is 2.94 bits per heavy atom. The van der Waals surface area contributed by atoms with Gasteiger partial charge in [-0.15, -0.1) is 0 Å². The number of nitrogens with one attached hydrogen (secondary N) is 2. The smallest absolute Gasteiger partial charge is 0.248 e. The van der Waals surface area contributed by atoms with Crippen molar-refractivity contribution in [2.24, 2.45) is 0 Å². The largest absolute Gasteiger partial charge is 0.393 e. The molecule has 3 rings (SSSR count). The molecule has 4 nitrogen and oxygen atoms in total. The van der Waals surface area contributed by atoms with Crippen LogP contribution in [0.25, 0.3) is 0 Å². The van der Waals surface area contributed by atoms with Crippen molar-refractivity contribution in [1.82, 2.24) is 10.3 Å². The number of fused-ring (bicyclic) bond motifs is 1. The Hall–Kier alpha value is -1.13. The summed E-state index contributed by atoms with van der Waals surface area (Å²) in [6.45, 7) is 0. The van der Waals surface area contributed by atoms with Crippen LogP contribution in [0.15, 0.2) is 16.9 Å². The maximum Gasteiger partial charge on any atom is 0.248 e. The zero-order valence-corrected chi connectivity index (χ0v) is 9.78. The van der Waals surface area contributed by atoms with E-state index in [0.717, 1.165) is 37.8 Å². The monoisotopic (exact) mass is 234 g/mol. The predicted octanol–water partition coefficient (Wildman–Crippen LogP) is 0.865. The molecule has 0 bridgehead atoms. The van der Waals surface area contributed by atoms with E-state index in [1.54, 1.807) is 6.07 Å². The van der Waals surface area contributed by atoms with E-state index in [-0.39, 0.29) is 11.7 Å². The SMILES string of the molecule is O=c1ccc2c([nH]1)CCCC2NC1CC(O)C1. The first-order chi connectivity index (χ1) is 8.22. The lowest BCUT2D eigenvalue weighted by molar-refractivity contribution is 0.0565. The van der Waals surface area contributed by atoms with Gasteiger partial charge in [-0.2, -0.15) is 0 Å². The van der Waals surface area contributed by atoms with Crippen LogP contribution in [0.5, 0.6) is 0 Å². The molecular formula is C13H18N2O2. The molecule has 1 atom stereocenters. The Kier molecular flexibility index (Phi) is 2.76. The minimum Gasteiger partial charge on any atom is -0.393 e. The summed E-state index contributed by atoms with van der Waals surface area (Å²) in [4.78, 5) is 14.2. The number of aromatic nitrogens is 1. The molecular weight excluding hydrogens is 216 g/mol. The highest BCUT2D eigenvalue weighted by molar-refractivity contribution is 5.26. The average Bonchev–Trinajstić information content (AvgIpc) is 2.27. The van der Waals surface area contributed by atoms with Gasteiger partial charge in [-0.3, -0.25) is 4.79 Å². The summed E-state index contributed by atoms with van der Waals surface area (Å²) < 4.78 is 0. The summed E-state index contributed by atoms with van der Waals surface area (Å²) in [5, 5.41) is 12.9. The van der Waals surface area contributed by atoms with E-state index >= 15 is 0 Å². The Morgan fingerprint density at radius 1 is 1.35 bits per heavy atom. The lowest BCUT2D eigenvalue weighted by atomic mass is 9.85. The molecule has 1 saturated carbocycles. The summed E-state index contributed by atoms with van der Waals surface area (Å²) >= 11 is 0. The average molecular weight is 234 g/mol. The fraction of sp³-hybridized carbons (Fsp3) is 0.615. The first-order valence-corrected chi connectivity index (χ1v) is 6.38.